The van der Waals surface area contributed by atoms with Gasteiger partial charge >= 0.3 is 0 Å². The van der Waals surface area contributed by atoms with E-state index in [4.69, 9.17) is 0 Å². The molecule has 3 unspecified atom stereocenters. The van der Waals surface area contributed by atoms with Gasteiger partial charge in [-0.1, -0.05) is 45.9 Å². The molecule has 0 aromatic heterocycles. The van der Waals surface area contributed by atoms with Crippen molar-refractivity contribution in [3.8, 4) is 0 Å². The monoisotopic (exact) mass is 245 g/mol. The van der Waals surface area contributed by atoms with Gasteiger partial charge in [-0.3, -0.25) is 0 Å². The summed E-state index contributed by atoms with van der Waals surface area (Å²) in [5.41, 5.74) is 2.79. The first-order valence-corrected chi connectivity index (χ1v) is 7.43. The highest BCUT2D eigenvalue weighted by molar-refractivity contribution is 5.53. The standard InChI is InChI=1S/C17H27N/c1-12(2)15-7-5-6-8-17(15)18-16-10-9-13(3)11-14(16)4/h5-8,12-14,16,18H,9-11H2,1-4H3. The summed E-state index contributed by atoms with van der Waals surface area (Å²) in [6.45, 7) is 9.32. The largest absolute Gasteiger partial charge is 0.382 e. The molecule has 2 rings (SSSR count). The van der Waals surface area contributed by atoms with Crippen LogP contribution < -0.4 is 5.32 Å². The minimum absolute atomic E-state index is 0.589. The van der Waals surface area contributed by atoms with Crippen molar-refractivity contribution < 1.29 is 0 Å². The lowest BCUT2D eigenvalue weighted by Gasteiger charge is -2.34. The van der Waals surface area contributed by atoms with Crippen LogP contribution in [-0.4, -0.2) is 6.04 Å². The lowest BCUT2D eigenvalue weighted by molar-refractivity contribution is 0.276. The molecule has 18 heavy (non-hydrogen) atoms. The molecule has 1 fully saturated rings. The van der Waals surface area contributed by atoms with E-state index in [0.717, 1.165) is 11.8 Å². The van der Waals surface area contributed by atoms with E-state index in [-0.39, 0.29) is 0 Å². The molecular formula is C17H27N. The Balaban J connectivity index is 2.09. The molecule has 0 bridgehead atoms. The molecule has 1 aliphatic carbocycles. The number of para-hydroxylation sites is 1. The second-order valence-corrected chi connectivity index (χ2v) is 6.39. The lowest BCUT2D eigenvalue weighted by Crippen LogP contribution is -2.33. The number of nitrogens with one attached hydrogen (secondary N) is 1. The number of anilines is 1. The molecule has 0 aliphatic heterocycles. The van der Waals surface area contributed by atoms with E-state index in [2.05, 4.69) is 57.3 Å². The average Bonchev–Trinajstić information content (AvgIpc) is 2.33. The van der Waals surface area contributed by atoms with Crippen LogP contribution in [0, 0.1) is 11.8 Å². The predicted octanol–water partition coefficient (Wildman–Crippen LogP) is 5.05. The fourth-order valence-electron chi connectivity index (χ4n) is 3.21. The van der Waals surface area contributed by atoms with Gasteiger partial charge in [-0.2, -0.15) is 0 Å². The molecule has 0 saturated heterocycles. The van der Waals surface area contributed by atoms with Crippen LogP contribution in [0.4, 0.5) is 5.69 Å². The Labute approximate surface area is 112 Å². The topological polar surface area (TPSA) is 12.0 Å². The first kappa shape index (κ1) is 13.5. The van der Waals surface area contributed by atoms with Crippen molar-refractivity contribution in [1.29, 1.82) is 0 Å². The van der Waals surface area contributed by atoms with E-state index in [1.165, 1.54) is 30.5 Å². The maximum Gasteiger partial charge on any atom is 0.0377 e. The number of benzene rings is 1. The van der Waals surface area contributed by atoms with Gasteiger partial charge in [0.05, 0.1) is 0 Å². The van der Waals surface area contributed by atoms with Crippen molar-refractivity contribution in [3.05, 3.63) is 29.8 Å². The van der Waals surface area contributed by atoms with E-state index in [1.54, 1.807) is 0 Å². The molecule has 0 spiro atoms. The molecule has 1 saturated carbocycles. The highest BCUT2D eigenvalue weighted by Crippen LogP contribution is 2.32. The zero-order valence-electron chi connectivity index (χ0n) is 12.2. The molecule has 0 amide bonds. The molecule has 100 valence electrons. The highest BCUT2D eigenvalue weighted by Gasteiger charge is 2.25. The number of hydrogen-bond acceptors (Lipinski definition) is 1. The number of hydrogen-bond donors (Lipinski definition) is 1. The summed E-state index contributed by atoms with van der Waals surface area (Å²) >= 11 is 0. The van der Waals surface area contributed by atoms with Gasteiger partial charge in [0.2, 0.25) is 0 Å². The SMILES string of the molecule is CC1CCC(Nc2ccccc2C(C)C)C(C)C1. The Morgan fingerprint density at radius 2 is 1.83 bits per heavy atom. The zero-order valence-corrected chi connectivity index (χ0v) is 12.2. The zero-order chi connectivity index (χ0) is 13.1. The van der Waals surface area contributed by atoms with Crippen LogP contribution in [0.2, 0.25) is 0 Å². The molecule has 3 atom stereocenters. The third-order valence-electron chi connectivity index (χ3n) is 4.36. The van der Waals surface area contributed by atoms with Crippen LogP contribution in [0.5, 0.6) is 0 Å². The second kappa shape index (κ2) is 5.77. The molecule has 0 radical (unpaired) electrons. The van der Waals surface area contributed by atoms with Gasteiger partial charge in [-0.05, 0) is 48.6 Å². The Kier molecular flexibility index (Phi) is 4.31. The van der Waals surface area contributed by atoms with Crippen LogP contribution in [-0.2, 0) is 0 Å². The van der Waals surface area contributed by atoms with Crippen molar-refractivity contribution >= 4 is 5.69 Å². The van der Waals surface area contributed by atoms with Gasteiger partial charge < -0.3 is 5.32 Å². The Morgan fingerprint density at radius 3 is 2.50 bits per heavy atom. The summed E-state index contributed by atoms with van der Waals surface area (Å²) in [6, 6.07) is 9.43. The third-order valence-corrected chi connectivity index (χ3v) is 4.36. The summed E-state index contributed by atoms with van der Waals surface area (Å²) in [6.07, 6.45) is 4.04. The fourth-order valence-corrected chi connectivity index (χ4v) is 3.21. The van der Waals surface area contributed by atoms with Crippen molar-refractivity contribution in [2.24, 2.45) is 11.8 Å². The van der Waals surface area contributed by atoms with E-state index in [0.29, 0.717) is 12.0 Å². The van der Waals surface area contributed by atoms with Crippen molar-refractivity contribution in [1.82, 2.24) is 0 Å². The van der Waals surface area contributed by atoms with Gasteiger partial charge in [-0.15, -0.1) is 0 Å². The average molecular weight is 245 g/mol. The van der Waals surface area contributed by atoms with Crippen LogP contribution in [0.15, 0.2) is 24.3 Å². The van der Waals surface area contributed by atoms with Gasteiger partial charge in [-0.25, -0.2) is 0 Å². The number of rotatable bonds is 3. The van der Waals surface area contributed by atoms with Crippen molar-refractivity contribution in [2.45, 2.75) is 58.9 Å². The molecular weight excluding hydrogens is 218 g/mol. The minimum Gasteiger partial charge on any atom is -0.382 e. The second-order valence-electron chi connectivity index (χ2n) is 6.39. The summed E-state index contributed by atoms with van der Waals surface area (Å²) in [7, 11) is 0. The van der Waals surface area contributed by atoms with E-state index >= 15 is 0 Å². The first-order valence-electron chi connectivity index (χ1n) is 7.43. The van der Waals surface area contributed by atoms with E-state index in [1.807, 2.05) is 0 Å². The normalized spacial score (nSPS) is 28.4. The molecule has 1 N–H and O–H groups in total. The van der Waals surface area contributed by atoms with Gasteiger partial charge in [0.15, 0.2) is 0 Å². The molecule has 0 heterocycles. The maximum atomic E-state index is 3.80. The highest BCUT2D eigenvalue weighted by atomic mass is 14.9. The van der Waals surface area contributed by atoms with Gasteiger partial charge in [0.1, 0.15) is 0 Å². The Bertz CT molecular complexity index is 383. The van der Waals surface area contributed by atoms with Crippen LogP contribution in [0.25, 0.3) is 0 Å². The summed E-state index contributed by atoms with van der Waals surface area (Å²) < 4.78 is 0. The quantitative estimate of drug-likeness (QED) is 0.786. The smallest absolute Gasteiger partial charge is 0.0377 e. The Hall–Kier alpha value is -0.980. The van der Waals surface area contributed by atoms with Crippen molar-refractivity contribution in [2.75, 3.05) is 5.32 Å². The van der Waals surface area contributed by atoms with Crippen LogP contribution in [0.1, 0.15) is 58.4 Å². The minimum atomic E-state index is 0.589. The maximum absolute atomic E-state index is 3.80. The summed E-state index contributed by atoms with van der Waals surface area (Å²) in [5.74, 6) is 2.28. The van der Waals surface area contributed by atoms with Gasteiger partial charge in [0, 0.05) is 11.7 Å². The van der Waals surface area contributed by atoms with Crippen LogP contribution in [0.3, 0.4) is 0 Å². The molecule has 1 aliphatic rings. The van der Waals surface area contributed by atoms with Crippen LogP contribution >= 0.6 is 0 Å². The fraction of sp³-hybridized carbons (Fsp3) is 0.647. The molecule has 1 heteroatoms. The third kappa shape index (κ3) is 3.07. The van der Waals surface area contributed by atoms with E-state index < -0.39 is 0 Å². The molecule has 1 aromatic rings. The Morgan fingerprint density at radius 1 is 1.11 bits per heavy atom. The molecule has 1 aromatic carbocycles. The lowest BCUT2D eigenvalue weighted by atomic mass is 9.79. The summed E-state index contributed by atoms with van der Waals surface area (Å²) in [5, 5.41) is 3.80. The van der Waals surface area contributed by atoms with E-state index in [9.17, 15) is 0 Å². The predicted molar refractivity (Wildman–Crippen MR) is 80.1 cm³/mol. The summed E-state index contributed by atoms with van der Waals surface area (Å²) in [4.78, 5) is 0. The van der Waals surface area contributed by atoms with Gasteiger partial charge in [0.25, 0.3) is 0 Å². The first-order chi connectivity index (χ1) is 8.58. The molecule has 1 nitrogen and oxygen atoms in total. The van der Waals surface area contributed by atoms with Crippen molar-refractivity contribution in [3.63, 3.8) is 0 Å².